The number of aromatic nitrogens is 4. The first-order valence-corrected chi connectivity index (χ1v) is 5.74. The van der Waals surface area contributed by atoms with Crippen LogP contribution in [-0.2, 0) is 7.05 Å². The molecule has 92 valence electrons. The second kappa shape index (κ2) is 4.67. The van der Waals surface area contributed by atoms with Crippen LogP contribution in [0.15, 0.2) is 12.5 Å². The minimum atomic E-state index is 0.344. The first-order valence-electron chi connectivity index (χ1n) is 5.74. The van der Waals surface area contributed by atoms with Crippen molar-refractivity contribution in [2.45, 2.75) is 19.9 Å². The Balaban J connectivity index is 2.52. The molecule has 2 N–H and O–H groups in total. The van der Waals surface area contributed by atoms with E-state index in [-0.39, 0.29) is 0 Å². The van der Waals surface area contributed by atoms with Gasteiger partial charge in [-0.2, -0.15) is 5.10 Å². The fourth-order valence-corrected chi connectivity index (χ4v) is 1.93. The van der Waals surface area contributed by atoms with Crippen LogP contribution in [0.2, 0.25) is 0 Å². The molecule has 2 aromatic heterocycles. The predicted molar refractivity (Wildman–Crippen MR) is 67.8 cm³/mol. The third-order valence-corrected chi connectivity index (χ3v) is 2.77. The number of nitrogens with zero attached hydrogens (tertiary/aromatic N) is 5. The maximum absolute atomic E-state index is 5.65. The second-order valence-electron chi connectivity index (χ2n) is 4.28. The van der Waals surface area contributed by atoms with Crippen LogP contribution in [0.1, 0.15) is 13.8 Å². The molecule has 17 heavy (non-hydrogen) atoms. The van der Waals surface area contributed by atoms with Gasteiger partial charge in [0.1, 0.15) is 12.1 Å². The van der Waals surface area contributed by atoms with Gasteiger partial charge in [-0.1, -0.05) is 0 Å². The van der Waals surface area contributed by atoms with Crippen LogP contribution in [0.3, 0.4) is 0 Å². The van der Waals surface area contributed by atoms with Crippen LogP contribution in [0.4, 0.5) is 5.82 Å². The molecule has 0 aliphatic rings. The molecule has 0 saturated heterocycles. The maximum atomic E-state index is 5.65. The first kappa shape index (κ1) is 11.8. The fraction of sp³-hybridized carbons (Fsp3) is 0.545. The summed E-state index contributed by atoms with van der Waals surface area (Å²) in [6.45, 7) is 5.63. The molecule has 0 radical (unpaired) electrons. The Morgan fingerprint density at radius 1 is 1.41 bits per heavy atom. The molecular weight excluding hydrogens is 216 g/mol. The quantitative estimate of drug-likeness (QED) is 0.835. The fourth-order valence-electron chi connectivity index (χ4n) is 1.93. The molecule has 0 saturated carbocycles. The molecule has 2 rings (SSSR count). The van der Waals surface area contributed by atoms with Crippen molar-refractivity contribution in [3.8, 4) is 0 Å². The molecule has 6 nitrogen and oxygen atoms in total. The summed E-state index contributed by atoms with van der Waals surface area (Å²) in [4.78, 5) is 10.8. The van der Waals surface area contributed by atoms with E-state index < -0.39 is 0 Å². The summed E-state index contributed by atoms with van der Waals surface area (Å²) in [5, 5.41) is 5.18. The van der Waals surface area contributed by atoms with Gasteiger partial charge >= 0.3 is 0 Å². The van der Waals surface area contributed by atoms with Crippen molar-refractivity contribution in [2.24, 2.45) is 12.8 Å². The predicted octanol–water partition coefficient (Wildman–Crippen LogP) is 0.537. The molecule has 0 aliphatic carbocycles. The Morgan fingerprint density at radius 2 is 2.18 bits per heavy atom. The molecule has 6 heteroatoms. The molecule has 2 heterocycles. The summed E-state index contributed by atoms with van der Waals surface area (Å²) in [5.74, 6) is 0.906. The van der Waals surface area contributed by atoms with Gasteiger partial charge < -0.3 is 10.6 Å². The zero-order valence-corrected chi connectivity index (χ0v) is 10.5. The molecule has 0 spiro atoms. The van der Waals surface area contributed by atoms with Crippen LogP contribution in [0, 0.1) is 0 Å². The summed E-state index contributed by atoms with van der Waals surface area (Å²) < 4.78 is 1.75. The number of fused-ring (bicyclic) bond motifs is 1. The van der Waals surface area contributed by atoms with E-state index in [1.807, 2.05) is 7.05 Å². The number of anilines is 1. The average molecular weight is 234 g/mol. The Labute approximate surface area is 100 Å². The van der Waals surface area contributed by atoms with Gasteiger partial charge in [-0.15, -0.1) is 0 Å². The van der Waals surface area contributed by atoms with Crippen molar-refractivity contribution in [2.75, 3.05) is 18.0 Å². The van der Waals surface area contributed by atoms with Crippen LogP contribution in [0.5, 0.6) is 0 Å². The lowest BCUT2D eigenvalue weighted by atomic mass is 10.2. The molecule has 0 aliphatic heterocycles. The highest BCUT2D eigenvalue weighted by Crippen LogP contribution is 2.23. The first-order chi connectivity index (χ1) is 8.15. The lowest BCUT2D eigenvalue weighted by Gasteiger charge is -2.27. The third-order valence-electron chi connectivity index (χ3n) is 2.77. The van der Waals surface area contributed by atoms with E-state index in [1.165, 1.54) is 0 Å². The lowest BCUT2D eigenvalue weighted by molar-refractivity contribution is 0.676. The summed E-state index contributed by atoms with van der Waals surface area (Å²) in [6, 6.07) is 0.344. The smallest absolute Gasteiger partial charge is 0.163 e. The van der Waals surface area contributed by atoms with E-state index in [4.69, 9.17) is 5.73 Å². The van der Waals surface area contributed by atoms with Crippen LogP contribution in [-0.4, -0.2) is 38.9 Å². The van der Waals surface area contributed by atoms with Crippen molar-refractivity contribution in [3.63, 3.8) is 0 Å². The number of hydrogen-bond donors (Lipinski definition) is 1. The second-order valence-corrected chi connectivity index (χ2v) is 4.28. The number of nitrogens with two attached hydrogens (primary N) is 1. The Kier molecular flexibility index (Phi) is 3.23. The molecule has 0 atom stereocenters. The SMILES string of the molecule is CC(C)N(CCN)c1ncnc2c1cnn2C. The van der Waals surface area contributed by atoms with Gasteiger partial charge in [-0.05, 0) is 13.8 Å². The molecule has 2 aromatic rings. The highest BCUT2D eigenvalue weighted by molar-refractivity contribution is 5.86. The molecule has 0 unspecified atom stereocenters. The molecule has 0 bridgehead atoms. The molecule has 0 aromatic carbocycles. The van der Waals surface area contributed by atoms with E-state index in [9.17, 15) is 0 Å². The standard InChI is InChI=1S/C11H18N6/c1-8(2)17(5-4-12)11-9-6-15-16(3)10(9)13-7-14-11/h6-8H,4-5,12H2,1-3H3. The zero-order valence-electron chi connectivity index (χ0n) is 10.5. The lowest BCUT2D eigenvalue weighted by Crippen LogP contribution is -2.36. The van der Waals surface area contributed by atoms with Crippen LogP contribution < -0.4 is 10.6 Å². The Bertz CT molecular complexity index is 504. The minimum Gasteiger partial charge on any atom is -0.352 e. The van der Waals surface area contributed by atoms with Crippen molar-refractivity contribution >= 4 is 16.9 Å². The van der Waals surface area contributed by atoms with Gasteiger partial charge in [0, 0.05) is 26.2 Å². The van der Waals surface area contributed by atoms with Crippen molar-refractivity contribution < 1.29 is 0 Å². The largest absolute Gasteiger partial charge is 0.352 e. The monoisotopic (exact) mass is 234 g/mol. The Hall–Kier alpha value is -1.69. The van der Waals surface area contributed by atoms with E-state index in [1.54, 1.807) is 17.2 Å². The minimum absolute atomic E-state index is 0.344. The highest BCUT2D eigenvalue weighted by Gasteiger charge is 2.16. The number of rotatable bonds is 4. The molecule has 0 amide bonds. The summed E-state index contributed by atoms with van der Waals surface area (Å²) in [7, 11) is 1.88. The van der Waals surface area contributed by atoms with Crippen molar-refractivity contribution in [1.29, 1.82) is 0 Å². The van der Waals surface area contributed by atoms with Crippen molar-refractivity contribution in [3.05, 3.63) is 12.5 Å². The normalized spacial score (nSPS) is 11.4. The highest BCUT2D eigenvalue weighted by atomic mass is 15.3. The van der Waals surface area contributed by atoms with Crippen LogP contribution in [0.25, 0.3) is 11.0 Å². The summed E-state index contributed by atoms with van der Waals surface area (Å²) in [6.07, 6.45) is 3.38. The van der Waals surface area contributed by atoms with Crippen molar-refractivity contribution in [1.82, 2.24) is 19.7 Å². The average Bonchev–Trinajstić information content (AvgIpc) is 2.68. The van der Waals surface area contributed by atoms with Gasteiger partial charge in [0.2, 0.25) is 0 Å². The van der Waals surface area contributed by atoms with E-state index in [2.05, 4.69) is 33.8 Å². The van der Waals surface area contributed by atoms with E-state index >= 15 is 0 Å². The van der Waals surface area contributed by atoms with Gasteiger partial charge in [0.05, 0.1) is 11.6 Å². The Morgan fingerprint density at radius 3 is 2.82 bits per heavy atom. The topological polar surface area (TPSA) is 72.9 Å². The molecule has 0 fully saturated rings. The number of aryl methyl sites for hydroxylation is 1. The zero-order chi connectivity index (χ0) is 12.4. The van der Waals surface area contributed by atoms with E-state index in [0.29, 0.717) is 12.6 Å². The number of hydrogen-bond acceptors (Lipinski definition) is 5. The maximum Gasteiger partial charge on any atom is 0.163 e. The third kappa shape index (κ3) is 2.08. The van der Waals surface area contributed by atoms with Gasteiger partial charge in [0.25, 0.3) is 0 Å². The van der Waals surface area contributed by atoms with Crippen LogP contribution >= 0.6 is 0 Å². The summed E-state index contributed by atoms with van der Waals surface area (Å²) >= 11 is 0. The van der Waals surface area contributed by atoms with E-state index in [0.717, 1.165) is 23.4 Å². The summed E-state index contributed by atoms with van der Waals surface area (Å²) in [5.41, 5.74) is 6.49. The van der Waals surface area contributed by atoms with Gasteiger partial charge in [-0.25, -0.2) is 9.97 Å². The van der Waals surface area contributed by atoms with Gasteiger partial charge in [0.15, 0.2) is 5.65 Å². The molecular formula is C11H18N6. The van der Waals surface area contributed by atoms with Gasteiger partial charge in [-0.3, -0.25) is 4.68 Å².